The molecular formula is C28H30N2O5. The third-order valence-electron chi connectivity index (χ3n) is 4.83. The number of amides is 2. The average Bonchev–Trinajstić information content (AvgIpc) is 2.86. The van der Waals surface area contributed by atoms with Gasteiger partial charge in [0, 0.05) is 31.4 Å². The summed E-state index contributed by atoms with van der Waals surface area (Å²) in [6.07, 6.45) is 3.12. The van der Waals surface area contributed by atoms with Crippen molar-refractivity contribution in [3.63, 3.8) is 0 Å². The Hall–Kier alpha value is -4.26. The Morgan fingerprint density at radius 1 is 0.857 bits per heavy atom. The average molecular weight is 475 g/mol. The van der Waals surface area contributed by atoms with Gasteiger partial charge >= 0.3 is 0 Å². The van der Waals surface area contributed by atoms with Crippen LogP contribution in [0, 0.1) is 0 Å². The van der Waals surface area contributed by atoms with Gasteiger partial charge < -0.3 is 24.4 Å². The fraction of sp³-hybridized carbons (Fsp3) is 0.214. The Bertz CT molecular complexity index is 1160. The summed E-state index contributed by atoms with van der Waals surface area (Å²) in [5.41, 5.74) is 1.83. The molecule has 0 aromatic heterocycles. The minimum atomic E-state index is -0.309. The number of carbonyl (C=O) groups is 2. The van der Waals surface area contributed by atoms with Gasteiger partial charge in [0.15, 0.2) is 11.5 Å². The lowest BCUT2D eigenvalue weighted by molar-refractivity contribution is -0.111. The van der Waals surface area contributed by atoms with E-state index in [0.29, 0.717) is 42.6 Å². The zero-order chi connectivity index (χ0) is 25.0. The number of carbonyl (C=O) groups excluding carboxylic acids is 2. The van der Waals surface area contributed by atoms with Gasteiger partial charge in [0.05, 0.1) is 6.61 Å². The quantitative estimate of drug-likeness (QED) is 0.316. The highest BCUT2D eigenvalue weighted by Gasteiger charge is 2.09. The number of para-hydroxylation sites is 1. The van der Waals surface area contributed by atoms with Crippen molar-refractivity contribution < 1.29 is 23.8 Å². The van der Waals surface area contributed by atoms with E-state index < -0.39 is 0 Å². The van der Waals surface area contributed by atoms with Crippen molar-refractivity contribution in [2.24, 2.45) is 0 Å². The molecule has 0 atom stereocenters. The molecule has 1 N–H and O–H groups in total. The number of hydrogen-bond donors (Lipinski definition) is 1. The van der Waals surface area contributed by atoms with Crippen molar-refractivity contribution in [2.45, 2.75) is 6.92 Å². The summed E-state index contributed by atoms with van der Waals surface area (Å²) in [7, 11) is 3.36. The maximum absolute atomic E-state index is 12.4. The summed E-state index contributed by atoms with van der Waals surface area (Å²) in [5.74, 6) is 1.54. The van der Waals surface area contributed by atoms with Gasteiger partial charge in [-0.05, 0) is 61.0 Å². The highest BCUT2D eigenvalue weighted by molar-refractivity contribution is 6.03. The number of nitrogens with zero attached hydrogens (tertiary/aromatic N) is 1. The highest BCUT2D eigenvalue weighted by atomic mass is 16.5. The predicted molar refractivity (Wildman–Crippen MR) is 137 cm³/mol. The van der Waals surface area contributed by atoms with Crippen LogP contribution >= 0.6 is 0 Å². The van der Waals surface area contributed by atoms with E-state index in [-0.39, 0.29) is 11.8 Å². The van der Waals surface area contributed by atoms with Crippen LogP contribution in [0.3, 0.4) is 0 Å². The van der Waals surface area contributed by atoms with Gasteiger partial charge in [-0.25, -0.2) is 0 Å². The first-order valence-electron chi connectivity index (χ1n) is 11.3. The second kappa shape index (κ2) is 12.8. The first kappa shape index (κ1) is 25.4. The van der Waals surface area contributed by atoms with Crippen LogP contribution in [-0.4, -0.2) is 50.6 Å². The zero-order valence-electron chi connectivity index (χ0n) is 20.2. The standard InChI is InChI=1S/C28H30N2O5/c1-4-33-26-19-21(13-15-25(26)35-18-17-34-24-11-6-5-7-12-24)14-16-27(31)29-23-10-8-9-22(20-23)28(32)30(2)3/h5-16,19-20H,4,17-18H2,1-3H3,(H,29,31). The second-order valence-electron chi connectivity index (χ2n) is 7.75. The minimum Gasteiger partial charge on any atom is -0.490 e. The Labute approximate surface area is 205 Å². The van der Waals surface area contributed by atoms with Crippen molar-refractivity contribution in [3.8, 4) is 17.2 Å². The van der Waals surface area contributed by atoms with E-state index in [0.717, 1.165) is 11.3 Å². The maximum atomic E-state index is 12.4. The molecule has 3 aromatic carbocycles. The summed E-state index contributed by atoms with van der Waals surface area (Å²) < 4.78 is 17.2. The first-order chi connectivity index (χ1) is 17.0. The van der Waals surface area contributed by atoms with Crippen molar-refractivity contribution in [3.05, 3.63) is 90.0 Å². The molecule has 0 bridgehead atoms. The van der Waals surface area contributed by atoms with Crippen LogP contribution < -0.4 is 19.5 Å². The summed E-state index contributed by atoms with van der Waals surface area (Å²) >= 11 is 0. The zero-order valence-corrected chi connectivity index (χ0v) is 20.2. The molecule has 0 spiro atoms. The lowest BCUT2D eigenvalue weighted by Gasteiger charge is -2.13. The van der Waals surface area contributed by atoms with Crippen molar-refractivity contribution >= 4 is 23.6 Å². The molecule has 0 saturated heterocycles. The molecule has 0 heterocycles. The molecule has 0 aliphatic carbocycles. The SMILES string of the molecule is CCOc1cc(C=CC(=O)Nc2cccc(C(=O)N(C)C)c2)ccc1OCCOc1ccccc1. The predicted octanol–water partition coefficient (Wildman–Crippen LogP) is 4.90. The number of rotatable bonds is 11. The first-order valence-corrected chi connectivity index (χ1v) is 11.3. The molecule has 0 radical (unpaired) electrons. The van der Waals surface area contributed by atoms with Gasteiger partial charge in [-0.15, -0.1) is 0 Å². The Morgan fingerprint density at radius 3 is 2.37 bits per heavy atom. The van der Waals surface area contributed by atoms with Crippen LogP contribution in [0.1, 0.15) is 22.8 Å². The molecule has 0 aliphatic rings. The molecule has 0 fully saturated rings. The third kappa shape index (κ3) is 7.92. The Kier molecular flexibility index (Phi) is 9.31. The number of nitrogens with one attached hydrogen (secondary N) is 1. The molecule has 3 rings (SSSR count). The number of anilines is 1. The van der Waals surface area contributed by atoms with Gasteiger partial charge in [-0.3, -0.25) is 9.59 Å². The molecule has 2 amide bonds. The smallest absolute Gasteiger partial charge is 0.253 e. The second-order valence-corrected chi connectivity index (χ2v) is 7.75. The van der Waals surface area contributed by atoms with Crippen molar-refractivity contribution in [1.29, 1.82) is 0 Å². The van der Waals surface area contributed by atoms with E-state index in [9.17, 15) is 9.59 Å². The van der Waals surface area contributed by atoms with Crippen LogP contribution in [0.15, 0.2) is 78.9 Å². The number of hydrogen-bond acceptors (Lipinski definition) is 5. The molecule has 0 aliphatic heterocycles. The maximum Gasteiger partial charge on any atom is 0.253 e. The van der Waals surface area contributed by atoms with E-state index in [1.165, 1.54) is 11.0 Å². The van der Waals surface area contributed by atoms with Crippen LogP contribution in [0.25, 0.3) is 6.08 Å². The fourth-order valence-electron chi connectivity index (χ4n) is 3.19. The third-order valence-corrected chi connectivity index (χ3v) is 4.83. The van der Waals surface area contributed by atoms with E-state index >= 15 is 0 Å². The molecule has 3 aromatic rings. The van der Waals surface area contributed by atoms with Gasteiger partial charge in [-0.2, -0.15) is 0 Å². The summed E-state index contributed by atoms with van der Waals surface area (Å²) in [6.45, 7) is 3.14. The molecule has 7 nitrogen and oxygen atoms in total. The number of benzene rings is 3. The van der Waals surface area contributed by atoms with Crippen LogP contribution in [-0.2, 0) is 4.79 Å². The Morgan fingerprint density at radius 2 is 1.63 bits per heavy atom. The van der Waals surface area contributed by atoms with Gasteiger partial charge in [0.25, 0.3) is 5.91 Å². The van der Waals surface area contributed by atoms with Crippen LogP contribution in [0.2, 0.25) is 0 Å². The Balaban J connectivity index is 1.58. The largest absolute Gasteiger partial charge is 0.490 e. The molecule has 0 unspecified atom stereocenters. The van der Waals surface area contributed by atoms with Gasteiger partial charge in [0.1, 0.15) is 19.0 Å². The molecule has 35 heavy (non-hydrogen) atoms. The van der Waals surface area contributed by atoms with E-state index in [1.54, 1.807) is 50.5 Å². The van der Waals surface area contributed by atoms with Crippen LogP contribution in [0.5, 0.6) is 17.2 Å². The lowest BCUT2D eigenvalue weighted by atomic mass is 10.1. The van der Waals surface area contributed by atoms with E-state index in [1.807, 2.05) is 49.4 Å². The van der Waals surface area contributed by atoms with Gasteiger partial charge in [-0.1, -0.05) is 30.3 Å². The lowest BCUT2D eigenvalue weighted by Crippen LogP contribution is -2.21. The monoisotopic (exact) mass is 474 g/mol. The summed E-state index contributed by atoms with van der Waals surface area (Å²) in [4.78, 5) is 26.0. The molecule has 0 saturated carbocycles. The number of ether oxygens (including phenoxy) is 3. The van der Waals surface area contributed by atoms with E-state index in [2.05, 4.69) is 5.32 Å². The molecule has 7 heteroatoms. The fourth-order valence-corrected chi connectivity index (χ4v) is 3.19. The normalized spacial score (nSPS) is 10.6. The summed E-state index contributed by atoms with van der Waals surface area (Å²) in [6, 6.07) is 21.8. The topological polar surface area (TPSA) is 77.1 Å². The molecule has 182 valence electrons. The van der Waals surface area contributed by atoms with Gasteiger partial charge in [0.2, 0.25) is 5.91 Å². The highest BCUT2D eigenvalue weighted by Crippen LogP contribution is 2.29. The van der Waals surface area contributed by atoms with E-state index in [4.69, 9.17) is 14.2 Å². The van der Waals surface area contributed by atoms with Crippen LogP contribution in [0.4, 0.5) is 5.69 Å². The molecular weight excluding hydrogens is 444 g/mol. The van der Waals surface area contributed by atoms with Crippen molar-refractivity contribution in [2.75, 3.05) is 39.2 Å². The van der Waals surface area contributed by atoms with Crippen molar-refractivity contribution in [1.82, 2.24) is 4.90 Å². The summed E-state index contributed by atoms with van der Waals surface area (Å²) in [5, 5.41) is 2.78. The minimum absolute atomic E-state index is 0.131.